The third-order valence-electron chi connectivity index (χ3n) is 6.74. The van der Waals surface area contributed by atoms with Crippen molar-refractivity contribution in [1.29, 1.82) is 0 Å². The fourth-order valence-corrected chi connectivity index (χ4v) is 6.14. The van der Waals surface area contributed by atoms with Gasteiger partial charge in [0.15, 0.2) is 0 Å². The molecule has 0 spiro atoms. The normalized spacial score (nSPS) is 10.6. The van der Waals surface area contributed by atoms with Gasteiger partial charge in [0.25, 0.3) is 0 Å². The summed E-state index contributed by atoms with van der Waals surface area (Å²) >= 11 is 0. The zero-order chi connectivity index (χ0) is 26.2. The molecule has 0 atom stereocenters. The Morgan fingerprint density at radius 3 is 1.29 bits per heavy atom. The Labute approximate surface area is 252 Å². The third kappa shape index (κ3) is 14.0. The Morgan fingerprint density at radius 1 is 0.526 bits per heavy atom. The summed E-state index contributed by atoms with van der Waals surface area (Å²) in [5.74, 6) is 4.61. The highest BCUT2D eigenvalue weighted by Crippen LogP contribution is 2.26. The van der Waals surface area contributed by atoms with E-state index in [0.29, 0.717) is 0 Å². The first-order valence-electron chi connectivity index (χ1n) is 13.7. The number of rotatable bonds is 19. The maximum Gasteiger partial charge on any atom is 0.125 e. The summed E-state index contributed by atoms with van der Waals surface area (Å²) in [5, 5.41) is 4.90. The lowest BCUT2D eigenvalue weighted by atomic mass is 10.1. The molecule has 4 N–H and O–H groups in total. The molecule has 0 fully saturated rings. The molecular formula is C30H50Cl2N2O2S2. The summed E-state index contributed by atoms with van der Waals surface area (Å²) in [6.07, 6.45) is 4.68. The number of ether oxygens (including phenoxy) is 2. The molecule has 2 aromatic rings. The monoisotopic (exact) mass is 604 g/mol. The van der Waals surface area contributed by atoms with Gasteiger partial charge < -0.3 is 44.9 Å². The molecule has 0 aromatic heterocycles. The van der Waals surface area contributed by atoms with Gasteiger partial charge in [-0.1, -0.05) is 45.9 Å². The fourth-order valence-electron chi connectivity index (χ4n) is 4.09. The minimum Gasteiger partial charge on any atom is -1.00 e. The standard InChI is InChI=1S/C30H48N2O2S2.2ClH/c1-23-11-13-25(3)29(27(23)5)33-19-9-7-15-31-17-21-35-36-22-18-32-16-8-10-20-34-30-26(4)14-12-24(2)28(30)6;;/h11-14,31-32H,7-10,15-22H2,1-6H3;2*1H. The van der Waals surface area contributed by atoms with Crippen LogP contribution in [-0.2, 0) is 0 Å². The van der Waals surface area contributed by atoms with Gasteiger partial charge in [-0.2, -0.15) is 0 Å². The third-order valence-corrected chi connectivity index (χ3v) is 9.21. The highest BCUT2D eigenvalue weighted by atomic mass is 35.5. The Bertz CT molecular complexity index is 843. The predicted octanol–water partition coefficient (Wildman–Crippen LogP) is -0.928. The van der Waals surface area contributed by atoms with E-state index < -0.39 is 0 Å². The van der Waals surface area contributed by atoms with E-state index in [0.717, 1.165) is 37.6 Å². The van der Waals surface area contributed by atoms with E-state index in [1.807, 2.05) is 21.6 Å². The van der Waals surface area contributed by atoms with Crippen molar-refractivity contribution < 1.29 is 44.9 Å². The average Bonchev–Trinajstić information content (AvgIpc) is 2.86. The Morgan fingerprint density at radius 2 is 0.895 bits per heavy atom. The van der Waals surface area contributed by atoms with E-state index in [2.05, 4.69) is 76.4 Å². The van der Waals surface area contributed by atoms with E-state index >= 15 is 0 Å². The largest absolute Gasteiger partial charge is 1.00 e. The van der Waals surface area contributed by atoms with Crippen molar-refractivity contribution in [3.63, 3.8) is 0 Å². The van der Waals surface area contributed by atoms with Gasteiger partial charge in [0.2, 0.25) is 0 Å². The molecule has 4 nitrogen and oxygen atoms in total. The summed E-state index contributed by atoms with van der Waals surface area (Å²) < 4.78 is 12.1. The van der Waals surface area contributed by atoms with Crippen LogP contribution in [0.2, 0.25) is 0 Å². The highest BCUT2D eigenvalue weighted by molar-refractivity contribution is 8.76. The molecule has 0 saturated carbocycles. The lowest BCUT2D eigenvalue weighted by Gasteiger charge is -2.13. The van der Waals surface area contributed by atoms with Crippen LogP contribution in [0.5, 0.6) is 11.5 Å². The molecule has 0 radical (unpaired) electrons. The van der Waals surface area contributed by atoms with E-state index in [-0.39, 0.29) is 24.8 Å². The Hall–Kier alpha value is -0.760. The molecule has 0 aliphatic carbocycles. The molecule has 0 heterocycles. The first kappa shape index (κ1) is 37.2. The highest BCUT2D eigenvalue weighted by Gasteiger charge is 2.07. The second kappa shape index (κ2) is 22.0. The molecule has 0 amide bonds. The van der Waals surface area contributed by atoms with Crippen LogP contribution in [0, 0.1) is 41.5 Å². The van der Waals surface area contributed by atoms with E-state index in [1.54, 1.807) is 0 Å². The lowest BCUT2D eigenvalue weighted by molar-refractivity contribution is -0.651. The average molecular weight is 606 g/mol. The van der Waals surface area contributed by atoms with Gasteiger partial charge in [0.1, 0.15) is 11.5 Å². The number of nitrogens with two attached hydrogens (primary N) is 2. The topological polar surface area (TPSA) is 51.7 Å². The van der Waals surface area contributed by atoms with Crippen molar-refractivity contribution in [3.8, 4) is 11.5 Å². The first-order chi connectivity index (χ1) is 17.4. The second-order valence-corrected chi connectivity index (χ2v) is 12.5. The molecule has 0 aliphatic rings. The molecule has 2 aromatic carbocycles. The molecule has 8 heteroatoms. The van der Waals surface area contributed by atoms with Crippen LogP contribution in [0.4, 0.5) is 0 Å². The number of aryl methyl sites for hydroxylation is 4. The fraction of sp³-hybridized carbons (Fsp3) is 0.600. The van der Waals surface area contributed by atoms with Gasteiger partial charge in [-0.05, 0) is 101 Å². The first-order valence-corrected chi connectivity index (χ1v) is 16.2. The van der Waals surface area contributed by atoms with Gasteiger partial charge >= 0.3 is 0 Å². The van der Waals surface area contributed by atoms with E-state index in [1.165, 1.54) is 83.9 Å². The molecule has 2 rings (SSSR count). The van der Waals surface area contributed by atoms with Gasteiger partial charge in [0.05, 0.1) is 50.9 Å². The molecule has 0 unspecified atom stereocenters. The summed E-state index contributed by atoms with van der Waals surface area (Å²) in [6.45, 7) is 19.3. The van der Waals surface area contributed by atoms with Crippen LogP contribution in [0.1, 0.15) is 59.1 Å². The Balaban J connectivity index is 0.00000684. The number of hydrogen-bond acceptors (Lipinski definition) is 4. The van der Waals surface area contributed by atoms with Crippen molar-refractivity contribution in [2.45, 2.75) is 67.2 Å². The summed E-state index contributed by atoms with van der Waals surface area (Å²) in [7, 11) is 4.03. The lowest BCUT2D eigenvalue weighted by Crippen LogP contribution is -3.00. The molecule has 0 aliphatic heterocycles. The van der Waals surface area contributed by atoms with Crippen LogP contribution < -0.4 is 44.9 Å². The number of benzene rings is 2. The van der Waals surface area contributed by atoms with Crippen molar-refractivity contribution in [2.24, 2.45) is 0 Å². The van der Waals surface area contributed by atoms with E-state index in [9.17, 15) is 0 Å². The van der Waals surface area contributed by atoms with E-state index in [4.69, 9.17) is 9.47 Å². The second-order valence-electron chi connectivity index (χ2n) is 9.79. The molecule has 0 saturated heterocycles. The SMILES string of the molecule is Cc1ccc(C)c(OCCCC[NH2+]CCSSCC[NH2+]CCCCOc2c(C)ccc(C)c2C)c1C.[Cl-].[Cl-]. The number of quaternary nitrogens is 2. The number of hydrogen-bond donors (Lipinski definition) is 2. The quantitative estimate of drug-likeness (QED) is 0.161. The van der Waals surface area contributed by atoms with Crippen LogP contribution in [0.15, 0.2) is 24.3 Å². The predicted molar refractivity (Wildman–Crippen MR) is 159 cm³/mol. The smallest absolute Gasteiger partial charge is 0.125 e. The minimum absolute atomic E-state index is 0. The Kier molecular flexibility index (Phi) is 21.5. The molecule has 218 valence electrons. The van der Waals surface area contributed by atoms with Crippen molar-refractivity contribution in [1.82, 2.24) is 0 Å². The molecule has 38 heavy (non-hydrogen) atoms. The summed E-state index contributed by atoms with van der Waals surface area (Å²) in [5.41, 5.74) is 7.66. The maximum absolute atomic E-state index is 6.07. The van der Waals surface area contributed by atoms with Crippen molar-refractivity contribution >= 4 is 21.6 Å². The summed E-state index contributed by atoms with van der Waals surface area (Å²) in [4.78, 5) is 0. The van der Waals surface area contributed by atoms with Crippen molar-refractivity contribution in [3.05, 3.63) is 57.6 Å². The maximum atomic E-state index is 6.07. The van der Waals surface area contributed by atoms with Crippen LogP contribution in [0.25, 0.3) is 0 Å². The van der Waals surface area contributed by atoms with Gasteiger partial charge in [-0.25, -0.2) is 0 Å². The summed E-state index contributed by atoms with van der Waals surface area (Å²) in [6, 6.07) is 8.66. The number of halogens is 2. The zero-order valence-electron chi connectivity index (χ0n) is 24.3. The van der Waals surface area contributed by atoms with Crippen LogP contribution in [0.3, 0.4) is 0 Å². The van der Waals surface area contributed by atoms with Crippen LogP contribution in [-0.4, -0.2) is 50.9 Å². The molecular weight excluding hydrogens is 555 g/mol. The van der Waals surface area contributed by atoms with Crippen molar-refractivity contribution in [2.75, 3.05) is 50.9 Å². The van der Waals surface area contributed by atoms with Gasteiger partial charge in [-0.3, -0.25) is 0 Å². The van der Waals surface area contributed by atoms with Gasteiger partial charge in [-0.15, -0.1) is 0 Å². The number of unbranched alkanes of at least 4 members (excludes halogenated alkanes) is 2. The van der Waals surface area contributed by atoms with Gasteiger partial charge in [0, 0.05) is 0 Å². The zero-order valence-corrected chi connectivity index (χ0v) is 27.5. The minimum atomic E-state index is 0. The molecule has 0 bridgehead atoms. The van der Waals surface area contributed by atoms with Crippen LogP contribution >= 0.6 is 21.6 Å².